The fourth-order valence-corrected chi connectivity index (χ4v) is 5.18. The molecule has 3 heterocycles. The van der Waals surface area contributed by atoms with Crippen molar-refractivity contribution in [3.8, 4) is 0 Å². The molecule has 3 N–H and O–H groups in total. The van der Waals surface area contributed by atoms with E-state index >= 15 is 0 Å². The summed E-state index contributed by atoms with van der Waals surface area (Å²) in [5.74, 6) is -0.0705. The quantitative estimate of drug-likeness (QED) is 0.745. The van der Waals surface area contributed by atoms with E-state index in [-0.39, 0.29) is 29.7 Å². The van der Waals surface area contributed by atoms with Crippen molar-refractivity contribution < 1.29 is 14.4 Å². The molecule has 1 aromatic rings. The fourth-order valence-electron chi connectivity index (χ4n) is 5.18. The molecule has 29 heavy (non-hydrogen) atoms. The van der Waals surface area contributed by atoms with Gasteiger partial charge in [0.05, 0.1) is 0 Å². The molecule has 0 spiro atoms. The molecule has 3 fully saturated rings. The minimum absolute atomic E-state index is 0.103. The molecule has 1 unspecified atom stereocenters. The number of imide groups is 1. The third-order valence-corrected chi connectivity index (χ3v) is 7.23. The van der Waals surface area contributed by atoms with Gasteiger partial charge in [0.15, 0.2) is 0 Å². The standard InChI is InChI=1S/C22H28N4O3/c23-22(7-8-22)16-5-9-25(10-6-16)12-14-1-2-15-13-26(21(29)17(15)11-14)18-3-4-19(27)24-20(18)28/h1-2,11,16,18H,3-10,12-13,23H2,(H,24,27,28). The molecule has 2 saturated heterocycles. The Morgan fingerprint density at radius 1 is 1.10 bits per heavy atom. The Kier molecular flexibility index (Phi) is 4.47. The van der Waals surface area contributed by atoms with Crippen molar-refractivity contribution in [1.82, 2.24) is 15.1 Å². The van der Waals surface area contributed by atoms with Crippen LogP contribution in [-0.4, -0.2) is 52.2 Å². The van der Waals surface area contributed by atoms with Crippen molar-refractivity contribution in [2.45, 2.75) is 63.2 Å². The number of carbonyl (C=O) groups is 3. The molecule has 7 heteroatoms. The van der Waals surface area contributed by atoms with Gasteiger partial charge >= 0.3 is 0 Å². The van der Waals surface area contributed by atoms with E-state index < -0.39 is 6.04 Å². The average molecular weight is 396 g/mol. The van der Waals surface area contributed by atoms with E-state index in [4.69, 9.17) is 5.73 Å². The number of amides is 3. The zero-order valence-electron chi connectivity index (χ0n) is 16.7. The molecule has 0 aromatic heterocycles. The van der Waals surface area contributed by atoms with Crippen molar-refractivity contribution in [3.63, 3.8) is 0 Å². The van der Waals surface area contributed by atoms with Crippen molar-refractivity contribution in [3.05, 3.63) is 34.9 Å². The number of piperidine rings is 2. The Balaban J connectivity index is 1.24. The monoisotopic (exact) mass is 396 g/mol. The third kappa shape index (κ3) is 3.46. The predicted molar refractivity (Wildman–Crippen MR) is 107 cm³/mol. The first-order valence-corrected chi connectivity index (χ1v) is 10.7. The summed E-state index contributed by atoms with van der Waals surface area (Å²) in [6.07, 6.45) is 5.34. The van der Waals surface area contributed by atoms with Gasteiger partial charge in [-0.25, -0.2) is 0 Å². The lowest BCUT2D eigenvalue weighted by Gasteiger charge is -2.35. The van der Waals surface area contributed by atoms with Crippen LogP contribution in [0.25, 0.3) is 0 Å². The van der Waals surface area contributed by atoms with Gasteiger partial charge in [-0.15, -0.1) is 0 Å². The molecular formula is C22H28N4O3. The van der Waals surface area contributed by atoms with E-state index in [9.17, 15) is 14.4 Å². The molecule has 5 rings (SSSR count). The fraction of sp³-hybridized carbons (Fsp3) is 0.591. The highest BCUT2D eigenvalue weighted by Crippen LogP contribution is 2.44. The number of benzene rings is 1. The second kappa shape index (κ2) is 6.92. The molecule has 1 aliphatic carbocycles. The summed E-state index contributed by atoms with van der Waals surface area (Å²) in [5, 5.41) is 2.35. The largest absolute Gasteiger partial charge is 0.325 e. The lowest BCUT2D eigenvalue weighted by atomic mass is 9.88. The topological polar surface area (TPSA) is 95.7 Å². The maximum atomic E-state index is 13.0. The number of carbonyl (C=O) groups excluding carboxylic acids is 3. The van der Waals surface area contributed by atoms with Gasteiger partial charge in [-0.1, -0.05) is 12.1 Å². The van der Waals surface area contributed by atoms with Crippen LogP contribution in [0, 0.1) is 5.92 Å². The molecule has 7 nitrogen and oxygen atoms in total. The first-order chi connectivity index (χ1) is 13.9. The second-order valence-electron chi connectivity index (χ2n) is 9.18. The summed E-state index contributed by atoms with van der Waals surface area (Å²) in [6, 6.07) is 5.54. The Bertz CT molecular complexity index is 871. The van der Waals surface area contributed by atoms with Crippen LogP contribution < -0.4 is 11.1 Å². The van der Waals surface area contributed by atoms with Crippen molar-refractivity contribution >= 4 is 17.7 Å². The van der Waals surface area contributed by atoms with Gasteiger partial charge in [0, 0.05) is 30.6 Å². The smallest absolute Gasteiger partial charge is 0.255 e. The molecular weight excluding hydrogens is 368 g/mol. The number of nitrogens with two attached hydrogens (primary N) is 1. The number of hydrogen-bond acceptors (Lipinski definition) is 5. The number of nitrogens with one attached hydrogen (secondary N) is 1. The van der Waals surface area contributed by atoms with Crippen LogP contribution in [0.4, 0.5) is 0 Å². The highest BCUT2D eigenvalue weighted by Gasteiger charge is 2.46. The maximum Gasteiger partial charge on any atom is 0.255 e. The van der Waals surface area contributed by atoms with Crippen molar-refractivity contribution in [2.75, 3.05) is 13.1 Å². The summed E-state index contributed by atoms with van der Waals surface area (Å²) >= 11 is 0. The van der Waals surface area contributed by atoms with Gasteiger partial charge in [-0.3, -0.25) is 24.6 Å². The molecule has 1 aromatic carbocycles. The zero-order valence-corrected chi connectivity index (χ0v) is 16.7. The lowest BCUT2D eigenvalue weighted by molar-refractivity contribution is -0.136. The Morgan fingerprint density at radius 2 is 1.86 bits per heavy atom. The van der Waals surface area contributed by atoms with Gasteiger partial charge in [0.1, 0.15) is 6.04 Å². The lowest BCUT2D eigenvalue weighted by Crippen LogP contribution is -2.52. The van der Waals surface area contributed by atoms with Crippen LogP contribution in [0.15, 0.2) is 18.2 Å². The molecule has 0 radical (unpaired) electrons. The molecule has 154 valence electrons. The number of nitrogens with zero attached hydrogens (tertiary/aromatic N) is 2. The van der Waals surface area contributed by atoms with E-state index in [1.165, 1.54) is 12.8 Å². The summed E-state index contributed by atoms with van der Waals surface area (Å²) in [4.78, 5) is 40.6. The van der Waals surface area contributed by atoms with Crippen LogP contribution in [0.5, 0.6) is 0 Å². The van der Waals surface area contributed by atoms with Gasteiger partial charge < -0.3 is 10.6 Å². The van der Waals surface area contributed by atoms with E-state index in [0.29, 0.717) is 24.4 Å². The molecule has 1 saturated carbocycles. The van der Waals surface area contributed by atoms with Gasteiger partial charge in [-0.2, -0.15) is 0 Å². The third-order valence-electron chi connectivity index (χ3n) is 7.23. The minimum atomic E-state index is -0.555. The van der Waals surface area contributed by atoms with E-state index in [0.717, 1.165) is 43.6 Å². The Morgan fingerprint density at radius 3 is 2.55 bits per heavy atom. The number of fused-ring (bicyclic) bond motifs is 1. The number of likely N-dealkylation sites (tertiary alicyclic amines) is 1. The number of rotatable bonds is 4. The molecule has 4 aliphatic rings. The predicted octanol–water partition coefficient (Wildman–Crippen LogP) is 1.15. The Hall–Kier alpha value is -2.25. The normalized spacial score (nSPS) is 27.1. The first-order valence-electron chi connectivity index (χ1n) is 10.7. The van der Waals surface area contributed by atoms with Crippen LogP contribution in [-0.2, 0) is 22.7 Å². The summed E-state index contributed by atoms with van der Waals surface area (Å²) in [6.45, 7) is 3.38. The van der Waals surface area contributed by atoms with Crippen LogP contribution in [0.3, 0.4) is 0 Å². The van der Waals surface area contributed by atoms with Crippen LogP contribution in [0.1, 0.15) is 60.0 Å². The van der Waals surface area contributed by atoms with Crippen molar-refractivity contribution in [1.29, 1.82) is 0 Å². The second-order valence-corrected chi connectivity index (χ2v) is 9.18. The highest BCUT2D eigenvalue weighted by molar-refractivity contribution is 6.05. The van der Waals surface area contributed by atoms with Crippen molar-refractivity contribution in [2.24, 2.45) is 11.7 Å². The summed E-state index contributed by atoms with van der Waals surface area (Å²) in [7, 11) is 0. The molecule has 3 amide bonds. The molecule has 0 bridgehead atoms. The molecule has 1 atom stereocenters. The van der Waals surface area contributed by atoms with Gasteiger partial charge in [0.25, 0.3) is 5.91 Å². The maximum absolute atomic E-state index is 13.0. The first kappa shape index (κ1) is 18.8. The van der Waals surface area contributed by atoms with Gasteiger partial charge in [-0.05, 0) is 68.3 Å². The van der Waals surface area contributed by atoms with E-state index in [1.807, 2.05) is 12.1 Å². The minimum Gasteiger partial charge on any atom is -0.325 e. The SMILES string of the molecule is NC1(C2CCN(Cc3ccc4c(c3)C(=O)N(C3CCC(=O)NC3=O)C4)CC2)CC1. The number of hydrogen-bond donors (Lipinski definition) is 2. The summed E-state index contributed by atoms with van der Waals surface area (Å²) in [5.41, 5.74) is 9.29. The van der Waals surface area contributed by atoms with E-state index in [2.05, 4.69) is 16.3 Å². The molecule has 3 aliphatic heterocycles. The highest BCUT2D eigenvalue weighted by atomic mass is 16.2. The average Bonchev–Trinajstić information content (AvgIpc) is 3.38. The Labute approximate surface area is 170 Å². The van der Waals surface area contributed by atoms with Gasteiger partial charge in [0.2, 0.25) is 11.8 Å². The van der Waals surface area contributed by atoms with Crippen LogP contribution in [0.2, 0.25) is 0 Å². The zero-order chi connectivity index (χ0) is 20.2. The van der Waals surface area contributed by atoms with Crippen LogP contribution >= 0.6 is 0 Å². The van der Waals surface area contributed by atoms with E-state index in [1.54, 1.807) is 4.90 Å². The summed E-state index contributed by atoms with van der Waals surface area (Å²) < 4.78 is 0.